The number of nitrogens with zero attached hydrogens (tertiary/aromatic N) is 2. The molecule has 0 radical (unpaired) electrons. The summed E-state index contributed by atoms with van der Waals surface area (Å²) in [5, 5.41) is 13.0. The minimum absolute atomic E-state index is 0.114. The van der Waals surface area contributed by atoms with E-state index < -0.39 is 0 Å². The fourth-order valence-electron chi connectivity index (χ4n) is 2.72. The van der Waals surface area contributed by atoms with E-state index in [4.69, 9.17) is 5.26 Å². The topological polar surface area (TPSA) is 65.8 Å². The van der Waals surface area contributed by atoms with Gasteiger partial charge in [0.25, 0.3) is 5.91 Å². The van der Waals surface area contributed by atoms with Crippen LogP contribution >= 0.6 is 11.3 Å². The van der Waals surface area contributed by atoms with E-state index in [0.717, 1.165) is 21.0 Å². The van der Waals surface area contributed by atoms with Crippen LogP contribution in [0.25, 0.3) is 10.4 Å². The van der Waals surface area contributed by atoms with Gasteiger partial charge < -0.3 is 5.32 Å². The minimum atomic E-state index is -0.186. The average molecular weight is 375 g/mol. The van der Waals surface area contributed by atoms with Gasteiger partial charge in [0.15, 0.2) is 0 Å². The Morgan fingerprint density at radius 3 is 2.33 bits per heavy atom. The molecule has 1 amide bonds. The molecule has 0 saturated heterocycles. The van der Waals surface area contributed by atoms with Gasteiger partial charge in [-0.15, -0.1) is 11.3 Å². The van der Waals surface area contributed by atoms with Gasteiger partial charge in [-0.2, -0.15) is 5.26 Å². The highest BCUT2D eigenvalue weighted by atomic mass is 32.1. The first-order valence-corrected chi connectivity index (χ1v) is 9.68. The molecule has 0 fully saturated rings. The number of carbonyl (C=O) groups excluding carboxylic acids is 1. The molecule has 3 aromatic rings. The molecular formula is C22H21N3OS. The Kier molecular flexibility index (Phi) is 5.68. The summed E-state index contributed by atoms with van der Waals surface area (Å²) < 4.78 is 0. The third-order valence-electron chi connectivity index (χ3n) is 4.28. The molecule has 0 aliphatic heterocycles. The molecule has 0 spiro atoms. The van der Waals surface area contributed by atoms with E-state index in [1.165, 1.54) is 11.3 Å². The maximum absolute atomic E-state index is 13.0. The molecule has 3 rings (SSSR count). The second-order valence-corrected chi connectivity index (χ2v) is 7.71. The van der Waals surface area contributed by atoms with Crippen molar-refractivity contribution >= 4 is 17.2 Å². The van der Waals surface area contributed by atoms with Crippen LogP contribution in [0.1, 0.15) is 59.4 Å². The fraction of sp³-hybridized carbons (Fsp3) is 0.227. The van der Waals surface area contributed by atoms with Gasteiger partial charge in [-0.3, -0.25) is 4.79 Å². The largest absolute Gasteiger partial charge is 0.344 e. The van der Waals surface area contributed by atoms with Gasteiger partial charge in [-0.25, -0.2) is 4.98 Å². The number of benzene rings is 2. The fourth-order valence-corrected chi connectivity index (χ4v) is 3.79. The van der Waals surface area contributed by atoms with Crippen LogP contribution in [-0.2, 0) is 0 Å². The van der Waals surface area contributed by atoms with E-state index in [2.05, 4.69) is 30.2 Å². The van der Waals surface area contributed by atoms with Crippen molar-refractivity contribution in [1.29, 1.82) is 5.26 Å². The van der Waals surface area contributed by atoms with Gasteiger partial charge >= 0.3 is 0 Å². The molecule has 2 aromatic carbocycles. The lowest BCUT2D eigenvalue weighted by molar-refractivity contribution is 0.0936. The highest BCUT2D eigenvalue weighted by Gasteiger charge is 2.22. The molecule has 136 valence electrons. The summed E-state index contributed by atoms with van der Waals surface area (Å²) in [6, 6.07) is 19.1. The Balaban J connectivity index is 1.93. The van der Waals surface area contributed by atoms with E-state index in [9.17, 15) is 4.79 Å². The number of nitriles is 1. The molecule has 4 nitrogen and oxygen atoms in total. The van der Waals surface area contributed by atoms with Crippen molar-refractivity contribution in [1.82, 2.24) is 10.3 Å². The number of hydrogen-bond acceptors (Lipinski definition) is 4. The monoisotopic (exact) mass is 375 g/mol. The van der Waals surface area contributed by atoms with Crippen molar-refractivity contribution in [2.24, 2.45) is 0 Å². The van der Waals surface area contributed by atoms with Crippen molar-refractivity contribution in [3.05, 3.63) is 76.4 Å². The summed E-state index contributed by atoms with van der Waals surface area (Å²) in [6.07, 6.45) is 0. The molecule has 0 unspecified atom stereocenters. The van der Waals surface area contributed by atoms with Crippen LogP contribution in [0.2, 0.25) is 0 Å². The van der Waals surface area contributed by atoms with Gasteiger partial charge in [-0.05, 0) is 30.2 Å². The number of aromatic nitrogens is 1. The lowest BCUT2D eigenvalue weighted by atomic mass is 10.1. The van der Waals surface area contributed by atoms with Gasteiger partial charge in [-0.1, -0.05) is 56.3 Å². The van der Waals surface area contributed by atoms with E-state index in [0.29, 0.717) is 11.3 Å². The molecular weight excluding hydrogens is 354 g/mol. The SMILES string of the molecule is CC(C)c1nc(C(=O)N[C@@H](C)c2ccccc2)c(-c2ccc(C#N)cc2)s1. The molecule has 5 heteroatoms. The second-order valence-electron chi connectivity index (χ2n) is 6.68. The van der Waals surface area contributed by atoms with E-state index in [1.807, 2.05) is 49.4 Å². The van der Waals surface area contributed by atoms with Crippen molar-refractivity contribution < 1.29 is 4.79 Å². The zero-order valence-corrected chi connectivity index (χ0v) is 16.4. The summed E-state index contributed by atoms with van der Waals surface area (Å²) in [5.41, 5.74) is 2.98. The van der Waals surface area contributed by atoms with E-state index >= 15 is 0 Å². The van der Waals surface area contributed by atoms with Gasteiger partial charge in [0.05, 0.1) is 27.6 Å². The summed E-state index contributed by atoms with van der Waals surface area (Å²) in [6.45, 7) is 6.09. The number of amides is 1. The van der Waals surface area contributed by atoms with Crippen molar-refractivity contribution in [3.63, 3.8) is 0 Å². The summed E-state index contributed by atoms with van der Waals surface area (Å²) >= 11 is 1.53. The van der Waals surface area contributed by atoms with Crippen molar-refractivity contribution in [2.45, 2.75) is 32.7 Å². The molecule has 0 aliphatic rings. The zero-order chi connectivity index (χ0) is 19.4. The molecule has 1 heterocycles. The first-order valence-electron chi connectivity index (χ1n) is 8.86. The normalized spacial score (nSPS) is 11.8. The molecule has 27 heavy (non-hydrogen) atoms. The predicted molar refractivity (Wildman–Crippen MR) is 109 cm³/mol. The minimum Gasteiger partial charge on any atom is -0.344 e. The summed E-state index contributed by atoms with van der Waals surface area (Å²) in [4.78, 5) is 18.4. The Labute approximate surface area is 163 Å². The maximum Gasteiger partial charge on any atom is 0.271 e. The standard InChI is InChI=1S/C22H21N3OS/c1-14(2)22-25-19(20(27-22)18-11-9-16(13-23)10-12-18)21(26)24-15(3)17-7-5-4-6-8-17/h4-12,14-15H,1-3H3,(H,24,26)/t15-/m0/s1. The van der Waals surface area contributed by atoms with Crippen molar-refractivity contribution in [3.8, 4) is 16.5 Å². The Morgan fingerprint density at radius 1 is 1.07 bits per heavy atom. The Bertz CT molecular complexity index is 969. The van der Waals surface area contributed by atoms with Crippen LogP contribution in [0.5, 0.6) is 0 Å². The number of nitrogens with one attached hydrogen (secondary N) is 1. The van der Waals surface area contributed by atoms with Gasteiger partial charge in [0.1, 0.15) is 5.69 Å². The Morgan fingerprint density at radius 2 is 1.74 bits per heavy atom. The second kappa shape index (κ2) is 8.15. The molecule has 0 saturated carbocycles. The van der Waals surface area contributed by atoms with Crippen LogP contribution in [0.4, 0.5) is 0 Å². The maximum atomic E-state index is 13.0. The van der Waals surface area contributed by atoms with Gasteiger partial charge in [0.2, 0.25) is 0 Å². The number of thiazole rings is 1. The van der Waals surface area contributed by atoms with Gasteiger partial charge in [0, 0.05) is 5.92 Å². The predicted octanol–water partition coefficient (Wildman–Crippen LogP) is 5.30. The zero-order valence-electron chi connectivity index (χ0n) is 15.6. The molecule has 0 bridgehead atoms. The third kappa shape index (κ3) is 4.24. The van der Waals surface area contributed by atoms with E-state index in [1.54, 1.807) is 12.1 Å². The number of rotatable bonds is 5. The van der Waals surface area contributed by atoms with Crippen LogP contribution in [0.3, 0.4) is 0 Å². The van der Waals surface area contributed by atoms with Crippen LogP contribution in [0.15, 0.2) is 54.6 Å². The molecule has 1 aromatic heterocycles. The first kappa shape index (κ1) is 18.8. The quantitative estimate of drug-likeness (QED) is 0.658. The van der Waals surface area contributed by atoms with Crippen LogP contribution < -0.4 is 5.32 Å². The first-order chi connectivity index (χ1) is 13.0. The molecule has 0 aliphatic carbocycles. The van der Waals surface area contributed by atoms with E-state index in [-0.39, 0.29) is 17.9 Å². The van der Waals surface area contributed by atoms with Crippen LogP contribution in [-0.4, -0.2) is 10.9 Å². The third-order valence-corrected chi connectivity index (χ3v) is 5.68. The molecule has 1 N–H and O–H groups in total. The average Bonchev–Trinajstić information content (AvgIpc) is 3.14. The summed E-state index contributed by atoms with van der Waals surface area (Å²) in [7, 11) is 0. The smallest absolute Gasteiger partial charge is 0.271 e. The summed E-state index contributed by atoms with van der Waals surface area (Å²) in [5.74, 6) is 0.0501. The lowest BCUT2D eigenvalue weighted by Gasteiger charge is -2.14. The highest BCUT2D eigenvalue weighted by molar-refractivity contribution is 7.15. The Hall–Kier alpha value is -2.97. The molecule has 1 atom stereocenters. The van der Waals surface area contributed by atoms with Crippen LogP contribution in [0, 0.1) is 11.3 Å². The number of carbonyl (C=O) groups is 1. The lowest BCUT2D eigenvalue weighted by Crippen LogP contribution is -2.27. The number of hydrogen-bond donors (Lipinski definition) is 1. The van der Waals surface area contributed by atoms with Crippen molar-refractivity contribution in [2.75, 3.05) is 0 Å². The highest BCUT2D eigenvalue weighted by Crippen LogP contribution is 2.34.